The van der Waals surface area contributed by atoms with Gasteiger partial charge in [0, 0.05) is 5.56 Å². The lowest BCUT2D eigenvalue weighted by Crippen LogP contribution is -2.29. The molecule has 34 heavy (non-hydrogen) atoms. The van der Waals surface area contributed by atoms with Gasteiger partial charge >= 0.3 is 5.97 Å². The number of carboxylic acid groups (broad SMARTS) is 1. The molecule has 0 aromatic heterocycles. The quantitative estimate of drug-likeness (QED) is 0.364. The number of methoxy groups -OCH3 is 1. The number of aromatic hydroxyl groups is 1. The Morgan fingerprint density at radius 3 is 2.26 bits per heavy atom. The van der Waals surface area contributed by atoms with E-state index in [0.29, 0.717) is 11.3 Å². The van der Waals surface area contributed by atoms with Gasteiger partial charge in [-0.05, 0) is 53.6 Å². The van der Waals surface area contributed by atoms with Crippen molar-refractivity contribution in [1.82, 2.24) is 4.90 Å². The molecular weight excluding hydrogens is 440 g/mol. The van der Waals surface area contributed by atoms with Crippen LogP contribution in [0, 0.1) is 0 Å². The van der Waals surface area contributed by atoms with Gasteiger partial charge in [-0.25, -0.2) is 0 Å². The SMILES string of the molecule is COc1ccc(CN2C(=O)c3ccc(C(=O)Nc4cc(CC(=O)O)ccc4O)cc3C2=O)cc1. The second-order valence-corrected chi connectivity index (χ2v) is 7.68. The Kier molecular flexibility index (Phi) is 6.01. The lowest BCUT2D eigenvalue weighted by molar-refractivity contribution is -0.136. The summed E-state index contributed by atoms with van der Waals surface area (Å²) in [5, 5.41) is 21.5. The van der Waals surface area contributed by atoms with Crippen LogP contribution in [0.15, 0.2) is 60.7 Å². The second kappa shape index (κ2) is 9.07. The maximum atomic E-state index is 12.9. The number of ether oxygens (including phenoxy) is 1. The highest BCUT2D eigenvalue weighted by molar-refractivity contribution is 6.22. The topological polar surface area (TPSA) is 133 Å². The van der Waals surface area contributed by atoms with Crippen molar-refractivity contribution in [1.29, 1.82) is 0 Å². The summed E-state index contributed by atoms with van der Waals surface area (Å²) in [5.74, 6) is -2.23. The van der Waals surface area contributed by atoms with Gasteiger partial charge in [0.05, 0.1) is 36.9 Å². The number of carbonyl (C=O) groups excluding carboxylic acids is 3. The first-order chi connectivity index (χ1) is 16.3. The first kappa shape index (κ1) is 22.5. The van der Waals surface area contributed by atoms with Gasteiger partial charge in [-0.15, -0.1) is 0 Å². The minimum atomic E-state index is -1.05. The molecule has 0 unspecified atom stereocenters. The highest BCUT2D eigenvalue weighted by Crippen LogP contribution is 2.28. The molecule has 3 aromatic carbocycles. The lowest BCUT2D eigenvalue weighted by atomic mass is 10.0. The zero-order valence-electron chi connectivity index (χ0n) is 18.1. The first-order valence-electron chi connectivity index (χ1n) is 10.2. The maximum absolute atomic E-state index is 12.9. The number of carbonyl (C=O) groups is 4. The van der Waals surface area contributed by atoms with Crippen molar-refractivity contribution in [2.45, 2.75) is 13.0 Å². The molecule has 1 aliphatic rings. The molecule has 4 rings (SSSR count). The number of phenols is 1. The van der Waals surface area contributed by atoms with Crippen molar-refractivity contribution in [2.24, 2.45) is 0 Å². The highest BCUT2D eigenvalue weighted by atomic mass is 16.5. The number of carboxylic acids is 1. The Balaban J connectivity index is 1.53. The van der Waals surface area contributed by atoms with E-state index in [4.69, 9.17) is 9.84 Å². The molecule has 0 fully saturated rings. The molecule has 1 heterocycles. The summed E-state index contributed by atoms with van der Waals surface area (Å²) in [6.45, 7) is 0.0715. The number of imide groups is 1. The molecule has 3 aromatic rings. The number of hydrogen-bond donors (Lipinski definition) is 3. The van der Waals surface area contributed by atoms with Gasteiger partial charge in [-0.3, -0.25) is 24.1 Å². The predicted octanol–water partition coefficient (Wildman–Crippen LogP) is 3.08. The van der Waals surface area contributed by atoms with E-state index < -0.39 is 23.7 Å². The van der Waals surface area contributed by atoms with Crippen LogP contribution in [0.3, 0.4) is 0 Å². The Bertz CT molecular complexity index is 1320. The van der Waals surface area contributed by atoms with Gasteiger partial charge < -0.3 is 20.3 Å². The van der Waals surface area contributed by atoms with Crippen LogP contribution < -0.4 is 10.1 Å². The third-order valence-electron chi connectivity index (χ3n) is 5.40. The first-order valence-corrected chi connectivity index (χ1v) is 10.2. The van der Waals surface area contributed by atoms with Crippen LogP contribution in [-0.2, 0) is 17.8 Å². The van der Waals surface area contributed by atoms with Crippen LogP contribution in [0.1, 0.15) is 42.2 Å². The summed E-state index contributed by atoms with van der Waals surface area (Å²) in [5.41, 5.74) is 1.58. The fourth-order valence-corrected chi connectivity index (χ4v) is 3.65. The largest absolute Gasteiger partial charge is 0.506 e. The Morgan fingerprint density at radius 2 is 1.59 bits per heavy atom. The molecule has 172 valence electrons. The van der Waals surface area contributed by atoms with E-state index >= 15 is 0 Å². The molecule has 0 aliphatic carbocycles. The number of rotatable bonds is 7. The number of nitrogens with one attached hydrogen (secondary N) is 1. The molecule has 0 radical (unpaired) electrons. The minimum absolute atomic E-state index is 0.0350. The van der Waals surface area contributed by atoms with E-state index in [1.165, 1.54) is 36.4 Å². The third kappa shape index (κ3) is 4.44. The summed E-state index contributed by atoms with van der Waals surface area (Å²) in [4.78, 5) is 50.5. The molecule has 1 aliphatic heterocycles. The van der Waals surface area contributed by atoms with Crippen molar-refractivity contribution >= 4 is 29.4 Å². The van der Waals surface area contributed by atoms with Crippen molar-refractivity contribution in [3.8, 4) is 11.5 Å². The fourth-order valence-electron chi connectivity index (χ4n) is 3.65. The number of amides is 3. The molecule has 0 atom stereocenters. The average Bonchev–Trinajstić information content (AvgIpc) is 3.05. The Morgan fingerprint density at radius 1 is 0.912 bits per heavy atom. The fraction of sp³-hybridized carbons (Fsp3) is 0.120. The smallest absolute Gasteiger partial charge is 0.307 e. The molecule has 9 heteroatoms. The van der Waals surface area contributed by atoms with Crippen LogP contribution in [0.2, 0.25) is 0 Å². The summed E-state index contributed by atoms with van der Waals surface area (Å²) in [6, 6.07) is 15.2. The summed E-state index contributed by atoms with van der Waals surface area (Å²) < 4.78 is 5.11. The van der Waals surface area contributed by atoms with E-state index in [2.05, 4.69) is 5.32 Å². The van der Waals surface area contributed by atoms with Crippen LogP contribution in [0.25, 0.3) is 0 Å². The number of hydrogen-bond acceptors (Lipinski definition) is 6. The number of phenolic OH excluding ortho intramolecular Hbond substituents is 1. The molecule has 0 saturated carbocycles. The highest BCUT2D eigenvalue weighted by Gasteiger charge is 2.36. The Labute approximate surface area is 194 Å². The van der Waals surface area contributed by atoms with Gasteiger partial charge in [-0.1, -0.05) is 18.2 Å². The molecule has 9 nitrogen and oxygen atoms in total. The zero-order chi connectivity index (χ0) is 24.4. The Hall–Kier alpha value is -4.66. The average molecular weight is 460 g/mol. The van der Waals surface area contributed by atoms with E-state index in [9.17, 15) is 24.3 Å². The molecule has 3 amide bonds. The number of anilines is 1. The molecular formula is C25H20N2O7. The normalized spacial score (nSPS) is 12.4. The van der Waals surface area contributed by atoms with Crippen molar-refractivity contribution in [3.63, 3.8) is 0 Å². The number of nitrogens with zero attached hydrogens (tertiary/aromatic N) is 1. The zero-order valence-corrected chi connectivity index (χ0v) is 18.1. The van der Waals surface area contributed by atoms with Crippen molar-refractivity contribution < 1.29 is 34.1 Å². The van der Waals surface area contributed by atoms with Crippen LogP contribution in [0.4, 0.5) is 5.69 Å². The molecule has 0 spiro atoms. The van der Waals surface area contributed by atoms with Gasteiger partial charge in [0.15, 0.2) is 0 Å². The summed E-state index contributed by atoms with van der Waals surface area (Å²) >= 11 is 0. The summed E-state index contributed by atoms with van der Waals surface area (Å²) in [7, 11) is 1.54. The van der Waals surface area contributed by atoms with E-state index in [-0.39, 0.29) is 41.1 Å². The molecule has 3 N–H and O–H groups in total. The molecule has 0 saturated heterocycles. The van der Waals surface area contributed by atoms with Gasteiger partial charge in [-0.2, -0.15) is 0 Å². The summed E-state index contributed by atoms with van der Waals surface area (Å²) in [6.07, 6.45) is -0.275. The lowest BCUT2D eigenvalue weighted by Gasteiger charge is -2.14. The third-order valence-corrected chi connectivity index (χ3v) is 5.40. The number of aliphatic carboxylic acids is 1. The van der Waals surface area contributed by atoms with Gasteiger partial charge in [0.2, 0.25) is 0 Å². The number of fused-ring (bicyclic) bond motifs is 1. The predicted molar refractivity (Wildman–Crippen MR) is 121 cm³/mol. The van der Waals surface area contributed by atoms with Gasteiger partial charge in [0.25, 0.3) is 17.7 Å². The van der Waals surface area contributed by atoms with Crippen molar-refractivity contribution in [3.05, 3.63) is 88.5 Å². The van der Waals surface area contributed by atoms with Gasteiger partial charge in [0.1, 0.15) is 11.5 Å². The van der Waals surface area contributed by atoms with Crippen molar-refractivity contribution in [2.75, 3.05) is 12.4 Å². The maximum Gasteiger partial charge on any atom is 0.307 e. The minimum Gasteiger partial charge on any atom is -0.506 e. The van der Waals surface area contributed by atoms with E-state index in [1.807, 2.05) is 0 Å². The second-order valence-electron chi connectivity index (χ2n) is 7.68. The van der Waals surface area contributed by atoms with Crippen LogP contribution in [-0.4, -0.2) is 45.9 Å². The molecule has 0 bridgehead atoms. The van der Waals surface area contributed by atoms with Crippen LogP contribution in [0.5, 0.6) is 11.5 Å². The number of benzene rings is 3. The van der Waals surface area contributed by atoms with E-state index in [1.54, 1.807) is 31.4 Å². The van der Waals surface area contributed by atoms with Crippen LogP contribution >= 0.6 is 0 Å². The monoisotopic (exact) mass is 460 g/mol. The van der Waals surface area contributed by atoms with E-state index in [0.717, 1.165) is 10.5 Å². The standard InChI is InChI=1S/C25H20N2O7/c1-34-17-6-2-14(3-7-17)13-27-24(32)18-8-5-16(12-19(18)25(27)33)23(31)26-20-10-15(11-22(29)30)4-9-21(20)28/h2-10,12,28H,11,13H2,1H3,(H,26,31)(H,29,30).